The van der Waals surface area contributed by atoms with Gasteiger partial charge in [-0.3, -0.25) is 9.89 Å². The van der Waals surface area contributed by atoms with Crippen LogP contribution in [0.4, 0.5) is 14.5 Å². The average molecular weight is 336 g/mol. The molecule has 0 aromatic heterocycles. The van der Waals surface area contributed by atoms with E-state index in [1.807, 2.05) is 0 Å². The number of nitrogens with zero attached hydrogens (tertiary/aromatic N) is 2. The van der Waals surface area contributed by atoms with E-state index in [4.69, 9.17) is 5.73 Å². The van der Waals surface area contributed by atoms with Crippen LogP contribution in [0.1, 0.15) is 44.9 Å². The lowest BCUT2D eigenvalue weighted by molar-refractivity contribution is 0.145. The first-order valence-corrected chi connectivity index (χ1v) is 8.91. The number of hydrogen-bond acceptors (Lipinski definition) is 2. The van der Waals surface area contributed by atoms with Crippen molar-refractivity contribution in [1.29, 1.82) is 0 Å². The lowest BCUT2D eigenvalue weighted by Crippen LogP contribution is -2.42. The fourth-order valence-electron chi connectivity index (χ4n) is 3.92. The zero-order valence-electron chi connectivity index (χ0n) is 14.0. The lowest BCUT2D eigenvalue weighted by atomic mass is 9.94. The fourth-order valence-corrected chi connectivity index (χ4v) is 3.92. The third-order valence-electron chi connectivity index (χ3n) is 5.13. The Kier molecular flexibility index (Phi) is 5.66. The van der Waals surface area contributed by atoms with Crippen molar-refractivity contribution in [2.24, 2.45) is 10.7 Å². The molecule has 1 aromatic carbocycles. The van der Waals surface area contributed by atoms with E-state index in [1.165, 1.54) is 38.5 Å². The predicted octanol–water partition coefficient (Wildman–Crippen LogP) is 3.49. The summed E-state index contributed by atoms with van der Waals surface area (Å²) in [6, 6.07) is 4.32. The van der Waals surface area contributed by atoms with E-state index in [9.17, 15) is 8.78 Å². The summed E-state index contributed by atoms with van der Waals surface area (Å²) in [5, 5.41) is 2.66. The highest BCUT2D eigenvalue weighted by molar-refractivity contribution is 5.92. The zero-order valence-corrected chi connectivity index (χ0v) is 14.0. The van der Waals surface area contributed by atoms with E-state index in [0.717, 1.165) is 31.2 Å². The van der Waals surface area contributed by atoms with Gasteiger partial charge in [-0.2, -0.15) is 0 Å². The summed E-state index contributed by atoms with van der Waals surface area (Å²) >= 11 is 0. The number of benzene rings is 1. The molecule has 6 heteroatoms. The maximum Gasteiger partial charge on any atom is 0.193 e. The molecule has 0 radical (unpaired) electrons. The number of halogens is 2. The fraction of sp³-hybridized carbons (Fsp3) is 0.611. The van der Waals surface area contributed by atoms with Crippen molar-refractivity contribution in [3.8, 4) is 0 Å². The van der Waals surface area contributed by atoms with Crippen LogP contribution >= 0.6 is 0 Å². The lowest BCUT2D eigenvalue weighted by Gasteiger charge is -2.35. The Morgan fingerprint density at radius 3 is 2.75 bits per heavy atom. The monoisotopic (exact) mass is 336 g/mol. The van der Waals surface area contributed by atoms with Gasteiger partial charge in [0.1, 0.15) is 11.6 Å². The maximum absolute atomic E-state index is 13.6. The molecular formula is C18H26F2N4. The van der Waals surface area contributed by atoms with Gasteiger partial charge in [0.05, 0.1) is 12.2 Å². The SMILES string of the molecule is NC(=NCC1CCCN1C1CCCCC1)Nc1cc(F)ccc1F. The van der Waals surface area contributed by atoms with Gasteiger partial charge in [0.15, 0.2) is 5.96 Å². The third kappa shape index (κ3) is 4.23. The number of anilines is 1. The number of aliphatic imine (C=N–C) groups is 1. The van der Waals surface area contributed by atoms with Crippen molar-refractivity contribution in [1.82, 2.24) is 4.90 Å². The van der Waals surface area contributed by atoms with Gasteiger partial charge in [0, 0.05) is 18.2 Å². The van der Waals surface area contributed by atoms with Crippen molar-refractivity contribution in [3.05, 3.63) is 29.8 Å². The summed E-state index contributed by atoms with van der Waals surface area (Å²) in [7, 11) is 0. The van der Waals surface area contributed by atoms with Crippen molar-refractivity contribution < 1.29 is 8.78 Å². The van der Waals surface area contributed by atoms with Gasteiger partial charge in [-0.05, 0) is 44.4 Å². The van der Waals surface area contributed by atoms with E-state index in [-0.39, 0.29) is 11.6 Å². The number of likely N-dealkylation sites (tertiary alicyclic amines) is 1. The molecule has 0 amide bonds. The molecule has 1 aromatic rings. The normalized spacial score (nSPS) is 23.6. The Labute approximate surface area is 142 Å². The molecule has 24 heavy (non-hydrogen) atoms. The van der Waals surface area contributed by atoms with Crippen LogP contribution in [0.25, 0.3) is 0 Å². The summed E-state index contributed by atoms with van der Waals surface area (Å²) in [6.45, 7) is 1.74. The largest absolute Gasteiger partial charge is 0.370 e. The Balaban J connectivity index is 1.58. The number of rotatable bonds is 4. The van der Waals surface area contributed by atoms with Gasteiger partial charge in [0.2, 0.25) is 0 Å². The van der Waals surface area contributed by atoms with Crippen LogP contribution in [-0.2, 0) is 0 Å². The van der Waals surface area contributed by atoms with E-state index in [2.05, 4.69) is 15.2 Å². The number of hydrogen-bond donors (Lipinski definition) is 2. The molecule has 1 aliphatic heterocycles. The summed E-state index contributed by atoms with van der Waals surface area (Å²) in [5.41, 5.74) is 5.88. The topological polar surface area (TPSA) is 53.6 Å². The second kappa shape index (κ2) is 7.92. The highest BCUT2D eigenvalue weighted by Crippen LogP contribution is 2.29. The Morgan fingerprint density at radius 2 is 1.96 bits per heavy atom. The molecule has 1 atom stereocenters. The molecule has 3 rings (SSSR count). The van der Waals surface area contributed by atoms with E-state index in [0.29, 0.717) is 18.6 Å². The van der Waals surface area contributed by atoms with Crippen LogP contribution in [0.3, 0.4) is 0 Å². The predicted molar refractivity (Wildman–Crippen MR) is 93.1 cm³/mol. The van der Waals surface area contributed by atoms with Gasteiger partial charge in [-0.15, -0.1) is 0 Å². The maximum atomic E-state index is 13.6. The summed E-state index contributed by atoms with van der Waals surface area (Å²) in [4.78, 5) is 6.95. The Bertz CT molecular complexity index is 584. The van der Waals surface area contributed by atoms with Gasteiger partial charge in [-0.25, -0.2) is 8.78 Å². The quantitative estimate of drug-likeness (QED) is 0.654. The van der Waals surface area contributed by atoms with Crippen molar-refractivity contribution in [2.75, 3.05) is 18.4 Å². The second-order valence-electron chi connectivity index (χ2n) is 6.80. The number of nitrogens with two attached hydrogens (primary N) is 1. The van der Waals surface area contributed by atoms with Crippen LogP contribution in [0.2, 0.25) is 0 Å². The molecule has 1 aliphatic carbocycles. The van der Waals surface area contributed by atoms with Crippen LogP contribution in [-0.4, -0.2) is 36.0 Å². The molecule has 0 bridgehead atoms. The highest BCUT2D eigenvalue weighted by atomic mass is 19.1. The van der Waals surface area contributed by atoms with E-state index < -0.39 is 11.6 Å². The molecule has 2 aliphatic rings. The van der Waals surface area contributed by atoms with Gasteiger partial charge in [0.25, 0.3) is 0 Å². The molecule has 132 valence electrons. The minimum atomic E-state index is -0.542. The van der Waals surface area contributed by atoms with Crippen molar-refractivity contribution >= 4 is 11.6 Å². The van der Waals surface area contributed by atoms with Gasteiger partial charge >= 0.3 is 0 Å². The molecular weight excluding hydrogens is 310 g/mol. The Hall–Kier alpha value is -1.69. The molecule has 1 unspecified atom stereocenters. The number of guanidine groups is 1. The average Bonchev–Trinajstić information content (AvgIpc) is 3.06. The molecule has 0 spiro atoms. The highest BCUT2D eigenvalue weighted by Gasteiger charge is 2.31. The van der Waals surface area contributed by atoms with Gasteiger partial charge < -0.3 is 11.1 Å². The minimum Gasteiger partial charge on any atom is -0.370 e. The van der Waals surface area contributed by atoms with Crippen LogP contribution in [0.15, 0.2) is 23.2 Å². The first kappa shape index (κ1) is 17.1. The van der Waals surface area contributed by atoms with Crippen LogP contribution < -0.4 is 11.1 Å². The molecule has 1 saturated carbocycles. The molecule has 1 heterocycles. The zero-order chi connectivity index (χ0) is 16.9. The van der Waals surface area contributed by atoms with Crippen LogP contribution in [0, 0.1) is 11.6 Å². The Morgan fingerprint density at radius 1 is 1.17 bits per heavy atom. The summed E-state index contributed by atoms with van der Waals surface area (Å²) in [6.07, 6.45) is 8.87. The smallest absolute Gasteiger partial charge is 0.193 e. The van der Waals surface area contributed by atoms with E-state index >= 15 is 0 Å². The molecule has 4 nitrogen and oxygen atoms in total. The van der Waals surface area contributed by atoms with Crippen molar-refractivity contribution in [2.45, 2.75) is 57.0 Å². The second-order valence-corrected chi connectivity index (χ2v) is 6.80. The summed E-state index contributed by atoms with van der Waals surface area (Å²) in [5.74, 6) is -0.916. The molecule has 2 fully saturated rings. The van der Waals surface area contributed by atoms with Gasteiger partial charge in [-0.1, -0.05) is 19.3 Å². The van der Waals surface area contributed by atoms with Crippen molar-refractivity contribution in [3.63, 3.8) is 0 Å². The number of nitrogens with one attached hydrogen (secondary N) is 1. The third-order valence-corrected chi connectivity index (χ3v) is 5.13. The van der Waals surface area contributed by atoms with Crippen LogP contribution in [0.5, 0.6) is 0 Å². The standard InChI is InChI=1S/C18H26F2N4/c19-13-8-9-16(20)17(11-13)23-18(21)22-12-15-7-4-10-24(15)14-5-2-1-3-6-14/h8-9,11,14-15H,1-7,10,12H2,(H3,21,22,23). The molecule has 1 saturated heterocycles. The first-order valence-electron chi connectivity index (χ1n) is 8.91. The molecule has 3 N–H and O–H groups in total. The van der Waals surface area contributed by atoms with E-state index in [1.54, 1.807) is 0 Å². The first-order chi connectivity index (χ1) is 11.6. The minimum absolute atomic E-state index is 0.0202. The summed E-state index contributed by atoms with van der Waals surface area (Å²) < 4.78 is 26.8.